The second kappa shape index (κ2) is 5.21. The Bertz CT molecular complexity index is 375. The minimum Gasteiger partial charge on any atom is -0.322 e. The van der Waals surface area contributed by atoms with Crippen molar-refractivity contribution in [3.05, 3.63) is 35.9 Å². The lowest BCUT2D eigenvalue weighted by Crippen LogP contribution is -2.51. The Labute approximate surface area is 103 Å². The van der Waals surface area contributed by atoms with Gasteiger partial charge in [-0.1, -0.05) is 30.3 Å². The van der Waals surface area contributed by atoms with Crippen LogP contribution in [0.5, 0.6) is 0 Å². The molecular weight excluding hydrogens is 212 g/mol. The average molecular weight is 232 g/mol. The normalized spacial score (nSPS) is 16.8. The highest BCUT2D eigenvalue weighted by atomic mass is 16.2. The van der Waals surface area contributed by atoms with Gasteiger partial charge in [-0.15, -0.1) is 0 Å². The van der Waals surface area contributed by atoms with E-state index in [1.54, 1.807) is 0 Å². The van der Waals surface area contributed by atoms with Gasteiger partial charge in [0.25, 0.3) is 0 Å². The topological polar surface area (TPSA) is 23.6 Å². The number of rotatable bonds is 3. The molecule has 0 saturated carbocycles. The lowest BCUT2D eigenvalue weighted by atomic mass is 10.2. The minimum atomic E-state index is 0.176. The van der Waals surface area contributed by atoms with Gasteiger partial charge in [0.1, 0.15) is 0 Å². The van der Waals surface area contributed by atoms with Crippen molar-refractivity contribution < 1.29 is 4.79 Å². The third-order valence-corrected chi connectivity index (χ3v) is 3.18. The van der Waals surface area contributed by atoms with E-state index in [1.807, 2.05) is 28.0 Å². The van der Waals surface area contributed by atoms with Gasteiger partial charge in [0.05, 0.1) is 0 Å². The Morgan fingerprint density at radius 3 is 2.53 bits per heavy atom. The molecule has 0 N–H and O–H groups in total. The van der Waals surface area contributed by atoms with E-state index in [-0.39, 0.29) is 6.03 Å². The number of benzene rings is 1. The molecule has 0 radical (unpaired) electrons. The third-order valence-electron chi connectivity index (χ3n) is 3.18. The van der Waals surface area contributed by atoms with Crippen LogP contribution in [0.25, 0.3) is 0 Å². The van der Waals surface area contributed by atoms with E-state index in [9.17, 15) is 4.79 Å². The van der Waals surface area contributed by atoms with Crippen molar-refractivity contribution in [3.8, 4) is 0 Å². The lowest BCUT2D eigenvalue weighted by Gasteiger charge is -2.38. The van der Waals surface area contributed by atoms with Crippen LogP contribution in [0.15, 0.2) is 30.3 Å². The highest BCUT2D eigenvalue weighted by Crippen LogP contribution is 2.15. The molecule has 0 aromatic heterocycles. The highest BCUT2D eigenvalue weighted by molar-refractivity contribution is 5.75. The van der Waals surface area contributed by atoms with E-state index in [0.29, 0.717) is 6.04 Å². The van der Waals surface area contributed by atoms with Gasteiger partial charge in [-0.25, -0.2) is 4.79 Å². The maximum absolute atomic E-state index is 12.2. The molecule has 17 heavy (non-hydrogen) atoms. The van der Waals surface area contributed by atoms with Gasteiger partial charge in [-0.2, -0.15) is 0 Å². The Kier molecular flexibility index (Phi) is 3.67. The van der Waals surface area contributed by atoms with Crippen LogP contribution in [-0.4, -0.2) is 35.0 Å². The number of hydrogen-bond acceptors (Lipinski definition) is 1. The van der Waals surface area contributed by atoms with Crippen molar-refractivity contribution in [1.82, 2.24) is 9.80 Å². The molecule has 1 fully saturated rings. The van der Waals surface area contributed by atoms with E-state index >= 15 is 0 Å². The first-order valence-electron chi connectivity index (χ1n) is 6.28. The summed E-state index contributed by atoms with van der Waals surface area (Å²) in [6, 6.07) is 10.6. The largest absolute Gasteiger partial charge is 0.322 e. The Hall–Kier alpha value is -1.51. The van der Waals surface area contributed by atoms with Gasteiger partial charge in [0.15, 0.2) is 0 Å². The zero-order chi connectivity index (χ0) is 12.3. The SMILES string of the molecule is CC(C)N1CCCN(Cc2ccccc2)C1=O. The van der Waals surface area contributed by atoms with Crippen LogP contribution in [0.1, 0.15) is 25.8 Å². The van der Waals surface area contributed by atoms with Crippen LogP contribution in [0.3, 0.4) is 0 Å². The van der Waals surface area contributed by atoms with Crippen molar-refractivity contribution in [2.45, 2.75) is 32.9 Å². The van der Waals surface area contributed by atoms with Gasteiger partial charge in [0.2, 0.25) is 0 Å². The predicted octanol–water partition coefficient (Wildman–Crippen LogP) is 2.72. The maximum atomic E-state index is 12.2. The molecule has 3 nitrogen and oxygen atoms in total. The number of nitrogens with zero attached hydrogens (tertiary/aromatic N) is 2. The zero-order valence-corrected chi connectivity index (χ0v) is 10.6. The second-order valence-electron chi connectivity index (χ2n) is 4.83. The van der Waals surface area contributed by atoms with E-state index in [2.05, 4.69) is 26.0 Å². The van der Waals surface area contributed by atoms with E-state index < -0.39 is 0 Å². The number of carbonyl (C=O) groups excluding carboxylic acids is 1. The molecule has 92 valence electrons. The first kappa shape index (κ1) is 12.0. The van der Waals surface area contributed by atoms with Crippen LogP contribution in [0.4, 0.5) is 4.79 Å². The van der Waals surface area contributed by atoms with Gasteiger partial charge >= 0.3 is 6.03 Å². The van der Waals surface area contributed by atoms with Gasteiger partial charge in [0, 0.05) is 25.7 Å². The van der Waals surface area contributed by atoms with Crippen LogP contribution in [0, 0.1) is 0 Å². The molecule has 1 aliphatic rings. The molecule has 0 atom stereocenters. The quantitative estimate of drug-likeness (QED) is 0.786. The maximum Gasteiger partial charge on any atom is 0.320 e. The predicted molar refractivity (Wildman–Crippen MR) is 68.7 cm³/mol. The summed E-state index contributed by atoms with van der Waals surface area (Å²) in [7, 11) is 0. The Morgan fingerprint density at radius 2 is 1.88 bits per heavy atom. The van der Waals surface area contributed by atoms with Crippen molar-refractivity contribution >= 4 is 6.03 Å². The average Bonchev–Trinajstić information content (AvgIpc) is 2.33. The van der Waals surface area contributed by atoms with Crippen molar-refractivity contribution in [2.75, 3.05) is 13.1 Å². The van der Waals surface area contributed by atoms with E-state index in [1.165, 1.54) is 5.56 Å². The summed E-state index contributed by atoms with van der Waals surface area (Å²) < 4.78 is 0. The molecule has 0 aliphatic carbocycles. The Morgan fingerprint density at radius 1 is 1.18 bits per heavy atom. The van der Waals surface area contributed by atoms with Gasteiger partial charge in [-0.3, -0.25) is 0 Å². The minimum absolute atomic E-state index is 0.176. The van der Waals surface area contributed by atoms with Crippen molar-refractivity contribution in [1.29, 1.82) is 0 Å². The molecular formula is C14H20N2O. The Balaban J connectivity index is 2.04. The third kappa shape index (κ3) is 2.78. The fourth-order valence-corrected chi connectivity index (χ4v) is 2.23. The fourth-order valence-electron chi connectivity index (χ4n) is 2.23. The van der Waals surface area contributed by atoms with Crippen LogP contribution in [0.2, 0.25) is 0 Å². The van der Waals surface area contributed by atoms with Crippen LogP contribution < -0.4 is 0 Å². The second-order valence-corrected chi connectivity index (χ2v) is 4.83. The number of amides is 2. The highest BCUT2D eigenvalue weighted by Gasteiger charge is 2.26. The molecule has 3 heteroatoms. The fraction of sp³-hybridized carbons (Fsp3) is 0.500. The summed E-state index contributed by atoms with van der Waals surface area (Å²) in [6.07, 6.45) is 1.07. The summed E-state index contributed by atoms with van der Waals surface area (Å²) in [5.41, 5.74) is 1.20. The molecule has 1 heterocycles. The smallest absolute Gasteiger partial charge is 0.320 e. The molecule has 2 amide bonds. The molecule has 2 rings (SSSR count). The summed E-state index contributed by atoms with van der Waals surface area (Å²) in [5, 5.41) is 0. The molecule has 1 saturated heterocycles. The monoisotopic (exact) mass is 232 g/mol. The molecule has 1 aliphatic heterocycles. The summed E-state index contributed by atoms with van der Waals surface area (Å²) in [6.45, 7) is 6.63. The van der Waals surface area contributed by atoms with Crippen LogP contribution >= 0.6 is 0 Å². The summed E-state index contributed by atoms with van der Waals surface area (Å²) >= 11 is 0. The summed E-state index contributed by atoms with van der Waals surface area (Å²) in [4.78, 5) is 16.1. The summed E-state index contributed by atoms with van der Waals surface area (Å²) in [5.74, 6) is 0. The number of carbonyl (C=O) groups is 1. The van der Waals surface area contributed by atoms with E-state index in [4.69, 9.17) is 0 Å². The zero-order valence-electron chi connectivity index (χ0n) is 10.6. The standard InChI is InChI=1S/C14H20N2O/c1-12(2)16-10-6-9-15(14(16)17)11-13-7-4-3-5-8-13/h3-5,7-8,12H,6,9-11H2,1-2H3. The molecule has 1 aromatic rings. The van der Waals surface area contributed by atoms with Crippen molar-refractivity contribution in [2.24, 2.45) is 0 Å². The molecule has 0 bridgehead atoms. The van der Waals surface area contributed by atoms with E-state index in [0.717, 1.165) is 26.1 Å². The lowest BCUT2D eigenvalue weighted by molar-refractivity contribution is 0.113. The number of urea groups is 1. The first-order valence-corrected chi connectivity index (χ1v) is 6.28. The number of hydrogen-bond donors (Lipinski definition) is 0. The first-order chi connectivity index (χ1) is 8.18. The van der Waals surface area contributed by atoms with Gasteiger partial charge in [-0.05, 0) is 25.8 Å². The molecule has 0 spiro atoms. The van der Waals surface area contributed by atoms with Crippen LogP contribution in [-0.2, 0) is 6.54 Å². The van der Waals surface area contributed by atoms with Gasteiger partial charge < -0.3 is 9.80 Å². The van der Waals surface area contributed by atoms with Crippen molar-refractivity contribution in [3.63, 3.8) is 0 Å². The molecule has 1 aromatic carbocycles. The molecule has 0 unspecified atom stereocenters.